The number of halogens is 2. The van der Waals surface area contributed by atoms with Gasteiger partial charge in [0.05, 0.1) is 10.7 Å². The number of benzene rings is 1. The molecule has 0 aromatic heterocycles. The molecule has 4 nitrogen and oxygen atoms in total. The number of rotatable bonds is 2. The summed E-state index contributed by atoms with van der Waals surface area (Å²) in [6.45, 7) is 2.75. The van der Waals surface area contributed by atoms with Gasteiger partial charge in [-0.2, -0.15) is 4.31 Å². The van der Waals surface area contributed by atoms with Crippen LogP contribution in [0.25, 0.3) is 0 Å². The van der Waals surface area contributed by atoms with Crippen molar-refractivity contribution in [1.82, 2.24) is 4.31 Å². The zero-order valence-electron chi connectivity index (χ0n) is 10.4. The molecule has 0 atom stereocenters. The fourth-order valence-electron chi connectivity index (χ4n) is 1.95. The molecule has 0 bridgehead atoms. The summed E-state index contributed by atoms with van der Waals surface area (Å²) >= 11 is 11.8. The monoisotopic (exact) mass is 320 g/mol. The lowest BCUT2D eigenvalue weighted by Gasteiger charge is -2.25. The van der Waals surface area contributed by atoms with Gasteiger partial charge in [0.1, 0.15) is 4.90 Å². The summed E-state index contributed by atoms with van der Waals surface area (Å²) < 4.78 is 26.4. The highest BCUT2D eigenvalue weighted by molar-refractivity contribution is 7.89. The van der Waals surface area contributed by atoms with Crippen molar-refractivity contribution in [1.29, 1.82) is 0 Å². The average Bonchev–Trinajstić information content (AvgIpc) is 2.27. The second kappa shape index (κ2) is 5.32. The van der Waals surface area contributed by atoms with E-state index in [1.165, 1.54) is 22.0 Å². The molecular formula is C12H14Cl2N2O2S. The van der Waals surface area contributed by atoms with Crippen LogP contribution in [0, 0.1) is 0 Å². The van der Waals surface area contributed by atoms with Gasteiger partial charge in [0.25, 0.3) is 0 Å². The molecule has 1 aliphatic rings. The minimum absolute atomic E-state index is 0.0521. The van der Waals surface area contributed by atoms with E-state index in [1.807, 2.05) is 13.0 Å². The van der Waals surface area contributed by atoms with Gasteiger partial charge in [0, 0.05) is 18.1 Å². The van der Waals surface area contributed by atoms with Gasteiger partial charge in [-0.15, -0.1) is 0 Å². The largest absolute Gasteiger partial charge is 0.398 e. The number of nitrogen functional groups attached to an aromatic ring is 1. The Hall–Kier alpha value is -0.750. The zero-order valence-corrected chi connectivity index (χ0v) is 12.7. The summed E-state index contributed by atoms with van der Waals surface area (Å²) in [4.78, 5) is -0.0634. The number of nitrogens with zero attached hydrogens (tertiary/aromatic N) is 1. The summed E-state index contributed by atoms with van der Waals surface area (Å²) in [5, 5.41) is 0.368. The van der Waals surface area contributed by atoms with E-state index in [-0.39, 0.29) is 15.6 Å². The lowest BCUT2D eigenvalue weighted by atomic mass is 10.1. The van der Waals surface area contributed by atoms with Gasteiger partial charge in [0.15, 0.2) is 0 Å². The molecule has 0 radical (unpaired) electrons. The van der Waals surface area contributed by atoms with Gasteiger partial charge in [-0.25, -0.2) is 8.42 Å². The maximum absolute atomic E-state index is 12.5. The van der Waals surface area contributed by atoms with Crippen LogP contribution in [0.1, 0.15) is 13.3 Å². The van der Waals surface area contributed by atoms with E-state index >= 15 is 0 Å². The molecular weight excluding hydrogens is 307 g/mol. The molecule has 19 heavy (non-hydrogen) atoms. The molecule has 1 aromatic rings. The molecule has 0 spiro atoms. The Balaban J connectivity index is 2.46. The molecule has 1 aliphatic heterocycles. The van der Waals surface area contributed by atoms with Gasteiger partial charge in [-0.05, 0) is 25.5 Å². The maximum atomic E-state index is 12.5. The topological polar surface area (TPSA) is 63.4 Å². The Morgan fingerprint density at radius 3 is 2.53 bits per heavy atom. The number of anilines is 1. The first-order valence-electron chi connectivity index (χ1n) is 5.72. The Kier molecular flexibility index (Phi) is 4.11. The third kappa shape index (κ3) is 2.89. The lowest BCUT2D eigenvalue weighted by Crippen LogP contribution is -2.35. The molecule has 0 amide bonds. The van der Waals surface area contributed by atoms with Crippen molar-refractivity contribution in [3.05, 3.63) is 33.8 Å². The number of hydrogen-bond acceptors (Lipinski definition) is 3. The number of nitrogens with two attached hydrogens (primary N) is 1. The molecule has 1 aromatic carbocycles. The molecule has 2 rings (SSSR count). The third-order valence-electron chi connectivity index (χ3n) is 3.03. The minimum Gasteiger partial charge on any atom is -0.398 e. The Morgan fingerprint density at radius 1 is 1.32 bits per heavy atom. The fraction of sp³-hybridized carbons (Fsp3) is 0.333. The van der Waals surface area contributed by atoms with Crippen molar-refractivity contribution in [3.8, 4) is 0 Å². The van der Waals surface area contributed by atoms with Gasteiger partial charge in [-0.1, -0.05) is 34.9 Å². The standard InChI is InChI=1S/C12H14Cl2N2O2S/c1-8-2-4-16(5-3-8)19(17,18)12-10(14)6-9(13)7-11(12)15/h2,6-7H,3-5,15H2,1H3. The van der Waals surface area contributed by atoms with E-state index in [0.717, 1.165) is 0 Å². The van der Waals surface area contributed by atoms with E-state index in [1.54, 1.807) is 0 Å². The van der Waals surface area contributed by atoms with Crippen molar-refractivity contribution in [3.63, 3.8) is 0 Å². The van der Waals surface area contributed by atoms with Crippen molar-refractivity contribution in [2.24, 2.45) is 0 Å². The van der Waals surface area contributed by atoms with Crippen LogP contribution in [0.2, 0.25) is 10.0 Å². The molecule has 7 heteroatoms. The van der Waals surface area contributed by atoms with Crippen LogP contribution < -0.4 is 5.73 Å². The van der Waals surface area contributed by atoms with Crippen molar-refractivity contribution in [2.75, 3.05) is 18.8 Å². The van der Waals surface area contributed by atoms with Gasteiger partial charge in [0.2, 0.25) is 10.0 Å². The van der Waals surface area contributed by atoms with E-state index in [9.17, 15) is 8.42 Å². The van der Waals surface area contributed by atoms with Crippen LogP contribution >= 0.6 is 23.2 Å². The van der Waals surface area contributed by atoms with Crippen LogP contribution in [0.4, 0.5) is 5.69 Å². The zero-order chi connectivity index (χ0) is 14.2. The second-order valence-electron chi connectivity index (χ2n) is 4.47. The molecule has 0 unspecified atom stereocenters. The van der Waals surface area contributed by atoms with Crippen molar-refractivity contribution in [2.45, 2.75) is 18.2 Å². The molecule has 0 fully saturated rings. The lowest BCUT2D eigenvalue weighted by molar-refractivity contribution is 0.431. The van der Waals surface area contributed by atoms with Gasteiger partial charge < -0.3 is 5.73 Å². The number of hydrogen-bond donors (Lipinski definition) is 1. The Labute approximate surface area is 122 Å². The highest BCUT2D eigenvalue weighted by Gasteiger charge is 2.29. The van der Waals surface area contributed by atoms with E-state index in [4.69, 9.17) is 28.9 Å². The smallest absolute Gasteiger partial charge is 0.246 e. The quantitative estimate of drug-likeness (QED) is 0.673. The van der Waals surface area contributed by atoms with Crippen LogP contribution in [0.5, 0.6) is 0 Å². The first kappa shape index (κ1) is 14.7. The third-order valence-corrected chi connectivity index (χ3v) is 5.65. The highest BCUT2D eigenvalue weighted by atomic mass is 35.5. The summed E-state index contributed by atoms with van der Waals surface area (Å²) in [7, 11) is -3.69. The maximum Gasteiger partial charge on any atom is 0.246 e. The molecule has 0 aliphatic carbocycles. The van der Waals surface area contributed by atoms with E-state index in [0.29, 0.717) is 24.5 Å². The minimum atomic E-state index is -3.69. The molecule has 0 saturated heterocycles. The van der Waals surface area contributed by atoms with Crippen LogP contribution in [-0.4, -0.2) is 25.8 Å². The van der Waals surface area contributed by atoms with Gasteiger partial charge in [-0.3, -0.25) is 0 Å². The molecule has 104 valence electrons. The highest BCUT2D eigenvalue weighted by Crippen LogP contribution is 2.33. The summed E-state index contributed by atoms with van der Waals surface area (Å²) in [6.07, 6.45) is 2.60. The predicted molar refractivity (Wildman–Crippen MR) is 78.0 cm³/mol. The Morgan fingerprint density at radius 2 is 2.00 bits per heavy atom. The van der Waals surface area contributed by atoms with Crippen LogP contribution in [-0.2, 0) is 10.0 Å². The predicted octanol–water partition coefficient (Wildman–Crippen LogP) is 2.92. The summed E-state index contributed by atoms with van der Waals surface area (Å²) in [5.41, 5.74) is 7.01. The van der Waals surface area contributed by atoms with Crippen molar-refractivity contribution >= 4 is 38.9 Å². The fourth-order valence-corrected chi connectivity index (χ4v) is 4.28. The molecule has 2 N–H and O–H groups in total. The van der Waals surface area contributed by atoms with E-state index < -0.39 is 10.0 Å². The summed E-state index contributed by atoms with van der Waals surface area (Å²) in [5.74, 6) is 0. The van der Waals surface area contributed by atoms with Crippen molar-refractivity contribution < 1.29 is 8.42 Å². The van der Waals surface area contributed by atoms with E-state index in [2.05, 4.69) is 0 Å². The first-order valence-corrected chi connectivity index (χ1v) is 7.92. The normalized spacial score (nSPS) is 17.3. The molecule has 1 heterocycles. The summed E-state index contributed by atoms with van der Waals surface area (Å²) in [6, 6.07) is 2.78. The SMILES string of the molecule is CC1=CCN(S(=O)(=O)c2c(N)cc(Cl)cc2Cl)CC1. The second-order valence-corrected chi connectivity index (χ2v) is 7.19. The first-order chi connectivity index (χ1) is 8.82. The van der Waals surface area contributed by atoms with Gasteiger partial charge >= 0.3 is 0 Å². The number of sulfonamides is 1. The van der Waals surface area contributed by atoms with Crippen LogP contribution in [0.3, 0.4) is 0 Å². The van der Waals surface area contributed by atoms with Crippen LogP contribution in [0.15, 0.2) is 28.7 Å². The Bertz CT molecular complexity index is 618. The molecule has 0 saturated carbocycles. The average molecular weight is 321 g/mol.